The van der Waals surface area contributed by atoms with Crippen molar-refractivity contribution in [2.24, 2.45) is 4.99 Å². The van der Waals surface area contributed by atoms with Gasteiger partial charge in [-0.2, -0.15) is 0 Å². The number of nitrogens with one attached hydrogen (secondary N) is 1. The molecule has 0 spiro atoms. The van der Waals surface area contributed by atoms with Crippen LogP contribution in [0.2, 0.25) is 5.02 Å². The van der Waals surface area contributed by atoms with Crippen molar-refractivity contribution in [2.45, 2.75) is 31.4 Å². The van der Waals surface area contributed by atoms with Gasteiger partial charge in [0.2, 0.25) is 5.90 Å². The minimum absolute atomic E-state index is 0.167. The molecule has 1 saturated heterocycles. The molecule has 3 rings (SSSR count). The molecule has 1 aromatic carbocycles. The van der Waals surface area contributed by atoms with Crippen LogP contribution in [0.5, 0.6) is 0 Å². The van der Waals surface area contributed by atoms with E-state index in [0.717, 1.165) is 36.9 Å². The van der Waals surface area contributed by atoms with Crippen molar-refractivity contribution >= 4 is 17.5 Å². The van der Waals surface area contributed by atoms with Gasteiger partial charge in [-0.25, -0.2) is 0 Å². The molecule has 18 heavy (non-hydrogen) atoms. The average Bonchev–Trinajstić information content (AvgIpc) is 2.98. The minimum Gasteiger partial charge on any atom is -0.474 e. The van der Waals surface area contributed by atoms with E-state index in [1.165, 1.54) is 12.0 Å². The normalized spacial score (nSPS) is 27.1. The molecule has 96 valence electrons. The first-order chi connectivity index (χ1) is 8.81. The fourth-order valence-electron chi connectivity index (χ4n) is 2.56. The molecule has 0 aromatic heterocycles. The lowest BCUT2D eigenvalue weighted by Gasteiger charge is -2.14. The van der Waals surface area contributed by atoms with Crippen LogP contribution in [0.4, 0.5) is 0 Å². The maximum atomic E-state index is 5.98. The SMILES string of the molecule is Clc1cccc(CC2CN=C(C3CCCN3)O2)c1. The summed E-state index contributed by atoms with van der Waals surface area (Å²) in [6.45, 7) is 1.84. The van der Waals surface area contributed by atoms with Gasteiger partial charge in [0, 0.05) is 11.4 Å². The van der Waals surface area contributed by atoms with Crippen LogP contribution < -0.4 is 5.32 Å². The third kappa shape index (κ3) is 2.68. The highest BCUT2D eigenvalue weighted by Gasteiger charge is 2.28. The summed E-state index contributed by atoms with van der Waals surface area (Å²) in [5.74, 6) is 0.902. The summed E-state index contributed by atoms with van der Waals surface area (Å²) < 4.78 is 5.93. The molecule has 2 aliphatic heterocycles. The smallest absolute Gasteiger partial charge is 0.201 e. The molecule has 2 unspecified atom stereocenters. The largest absolute Gasteiger partial charge is 0.474 e. The second-order valence-electron chi connectivity index (χ2n) is 4.90. The van der Waals surface area contributed by atoms with Gasteiger partial charge in [-0.15, -0.1) is 0 Å². The molecule has 0 aliphatic carbocycles. The molecule has 0 amide bonds. The van der Waals surface area contributed by atoms with Crippen molar-refractivity contribution in [2.75, 3.05) is 13.1 Å². The second-order valence-corrected chi connectivity index (χ2v) is 5.34. The van der Waals surface area contributed by atoms with Gasteiger partial charge in [0.05, 0.1) is 12.6 Å². The van der Waals surface area contributed by atoms with Crippen molar-refractivity contribution < 1.29 is 4.74 Å². The lowest BCUT2D eigenvalue weighted by atomic mass is 10.1. The Bertz CT molecular complexity index is 455. The summed E-state index contributed by atoms with van der Waals surface area (Å²) >= 11 is 5.98. The first-order valence-electron chi connectivity index (χ1n) is 6.50. The fourth-order valence-corrected chi connectivity index (χ4v) is 2.77. The monoisotopic (exact) mass is 264 g/mol. The minimum atomic E-state index is 0.167. The zero-order chi connectivity index (χ0) is 12.4. The van der Waals surface area contributed by atoms with Crippen molar-refractivity contribution in [1.82, 2.24) is 5.32 Å². The summed E-state index contributed by atoms with van der Waals surface area (Å²) in [4.78, 5) is 4.52. The maximum Gasteiger partial charge on any atom is 0.201 e. The first-order valence-corrected chi connectivity index (χ1v) is 6.88. The molecule has 1 aromatic rings. The Kier molecular flexibility index (Phi) is 3.52. The van der Waals surface area contributed by atoms with Gasteiger partial charge >= 0.3 is 0 Å². The number of aliphatic imine (C=N–C) groups is 1. The van der Waals surface area contributed by atoms with E-state index in [9.17, 15) is 0 Å². The molecule has 2 heterocycles. The van der Waals surface area contributed by atoms with Crippen LogP contribution in [-0.2, 0) is 11.2 Å². The van der Waals surface area contributed by atoms with Crippen LogP contribution in [0.1, 0.15) is 18.4 Å². The first kappa shape index (κ1) is 12.0. The number of ether oxygens (including phenoxy) is 1. The van der Waals surface area contributed by atoms with Crippen LogP contribution in [0, 0.1) is 0 Å². The van der Waals surface area contributed by atoms with Gasteiger partial charge in [-0.05, 0) is 37.1 Å². The number of benzene rings is 1. The predicted molar refractivity (Wildman–Crippen MR) is 73.4 cm³/mol. The lowest BCUT2D eigenvalue weighted by molar-refractivity contribution is 0.214. The summed E-state index contributed by atoms with van der Waals surface area (Å²) in [5, 5.41) is 4.20. The quantitative estimate of drug-likeness (QED) is 0.910. The molecule has 0 saturated carbocycles. The van der Waals surface area contributed by atoms with Gasteiger partial charge in [0.1, 0.15) is 6.10 Å². The maximum absolute atomic E-state index is 5.98. The van der Waals surface area contributed by atoms with Gasteiger partial charge in [-0.3, -0.25) is 4.99 Å². The van der Waals surface area contributed by atoms with E-state index in [-0.39, 0.29) is 6.10 Å². The van der Waals surface area contributed by atoms with Gasteiger partial charge < -0.3 is 10.1 Å². The molecule has 0 radical (unpaired) electrons. The molecule has 1 fully saturated rings. The zero-order valence-corrected chi connectivity index (χ0v) is 11.0. The molecule has 2 atom stereocenters. The molecule has 4 heteroatoms. The molecule has 2 aliphatic rings. The third-order valence-corrected chi connectivity index (χ3v) is 3.68. The number of nitrogens with zero attached hydrogens (tertiary/aromatic N) is 1. The summed E-state index contributed by atoms with van der Waals surface area (Å²) in [7, 11) is 0. The molecular weight excluding hydrogens is 248 g/mol. The number of hydrogen-bond donors (Lipinski definition) is 1. The van der Waals surface area contributed by atoms with Crippen molar-refractivity contribution in [3.8, 4) is 0 Å². The van der Waals surface area contributed by atoms with Crippen LogP contribution in [0.15, 0.2) is 29.3 Å². The van der Waals surface area contributed by atoms with E-state index in [0.29, 0.717) is 6.04 Å². The average molecular weight is 265 g/mol. The lowest BCUT2D eigenvalue weighted by Crippen LogP contribution is -2.32. The van der Waals surface area contributed by atoms with Crippen LogP contribution >= 0.6 is 11.6 Å². The van der Waals surface area contributed by atoms with E-state index in [2.05, 4.69) is 16.4 Å². The van der Waals surface area contributed by atoms with Gasteiger partial charge in [0.25, 0.3) is 0 Å². The predicted octanol–water partition coefficient (Wildman–Crippen LogP) is 2.43. The van der Waals surface area contributed by atoms with E-state index >= 15 is 0 Å². The van der Waals surface area contributed by atoms with Crippen LogP contribution in [0.25, 0.3) is 0 Å². The molecule has 3 nitrogen and oxygen atoms in total. The number of rotatable bonds is 3. The third-order valence-electron chi connectivity index (χ3n) is 3.45. The molecular formula is C14H17ClN2O. The molecule has 1 N–H and O–H groups in total. The Morgan fingerprint density at radius 2 is 2.39 bits per heavy atom. The van der Waals surface area contributed by atoms with Crippen molar-refractivity contribution in [3.63, 3.8) is 0 Å². The number of halogens is 1. The standard InChI is InChI=1S/C14H17ClN2O/c15-11-4-1-3-10(7-11)8-12-9-17-14(18-12)13-5-2-6-16-13/h1,3-4,7,12-13,16H,2,5-6,8-9H2. The van der Waals surface area contributed by atoms with E-state index < -0.39 is 0 Å². The van der Waals surface area contributed by atoms with Crippen LogP contribution in [-0.4, -0.2) is 31.1 Å². The highest BCUT2D eigenvalue weighted by Crippen LogP contribution is 2.19. The topological polar surface area (TPSA) is 33.6 Å². The van der Waals surface area contributed by atoms with Crippen LogP contribution in [0.3, 0.4) is 0 Å². The van der Waals surface area contributed by atoms with E-state index in [1.807, 2.05) is 18.2 Å². The summed E-state index contributed by atoms with van der Waals surface area (Å²) in [5.41, 5.74) is 1.21. The Balaban J connectivity index is 1.57. The van der Waals surface area contributed by atoms with Gasteiger partial charge in [0.15, 0.2) is 0 Å². The molecule has 0 bridgehead atoms. The Morgan fingerprint density at radius 1 is 1.44 bits per heavy atom. The van der Waals surface area contributed by atoms with E-state index in [4.69, 9.17) is 16.3 Å². The highest BCUT2D eigenvalue weighted by atomic mass is 35.5. The van der Waals surface area contributed by atoms with Crippen molar-refractivity contribution in [3.05, 3.63) is 34.9 Å². The summed E-state index contributed by atoms with van der Waals surface area (Å²) in [6.07, 6.45) is 3.40. The van der Waals surface area contributed by atoms with Gasteiger partial charge in [-0.1, -0.05) is 23.7 Å². The number of hydrogen-bond acceptors (Lipinski definition) is 3. The zero-order valence-electron chi connectivity index (χ0n) is 10.2. The summed E-state index contributed by atoms with van der Waals surface area (Å²) in [6, 6.07) is 8.30. The fraction of sp³-hybridized carbons (Fsp3) is 0.500. The Labute approximate surface area is 112 Å². The highest BCUT2D eigenvalue weighted by molar-refractivity contribution is 6.30. The second kappa shape index (κ2) is 5.29. The Morgan fingerprint density at radius 3 is 3.17 bits per heavy atom. The van der Waals surface area contributed by atoms with Crippen molar-refractivity contribution in [1.29, 1.82) is 0 Å². The Hall–Kier alpha value is -1.06. The van der Waals surface area contributed by atoms with E-state index in [1.54, 1.807) is 0 Å².